The third-order valence-electron chi connectivity index (χ3n) is 6.48. The van der Waals surface area contributed by atoms with Crippen molar-refractivity contribution in [3.05, 3.63) is 0 Å². The number of unbranched alkanes of at least 4 members (excludes halogenated alkanes) is 2. The van der Waals surface area contributed by atoms with E-state index in [9.17, 15) is 9.59 Å². The number of rotatable bonds is 14. The van der Waals surface area contributed by atoms with E-state index < -0.39 is 11.2 Å². The highest BCUT2D eigenvalue weighted by molar-refractivity contribution is 5.72. The highest BCUT2D eigenvalue weighted by Crippen LogP contribution is 2.39. The molecule has 0 spiro atoms. The third kappa shape index (κ3) is 8.93. The maximum Gasteiger partial charge on any atom is 0.345 e. The van der Waals surface area contributed by atoms with E-state index in [1.54, 1.807) is 0 Å². The van der Waals surface area contributed by atoms with E-state index in [-0.39, 0.29) is 23.8 Å². The average Bonchev–Trinajstić information content (AvgIpc) is 2.74. The van der Waals surface area contributed by atoms with E-state index in [2.05, 4.69) is 13.8 Å². The van der Waals surface area contributed by atoms with Crippen molar-refractivity contribution < 1.29 is 29.1 Å². The van der Waals surface area contributed by atoms with Crippen LogP contribution in [0.1, 0.15) is 119 Å². The Labute approximate surface area is 183 Å². The van der Waals surface area contributed by atoms with E-state index in [4.69, 9.17) is 19.6 Å². The van der Waals surface area contributed by atoms with Gasteiger partial charge in [-0.25, -0.2) is 9.59 Å². The van der Waals surface area contributed by atoms with Gasteiger partial charge in [0, 0.05) is 0 Å². The van der Waals surface area contributed by atoms with Crippen LogP contribution < -0.4 is 0 Å². The number of hydrogen-bond acceptors (Lipinski definition) is 6. The molecular formula is C24H44O6. The van der Waals surface area contributed by atoms with Crippen molar-refractivity contribution in [2.75, 3.05) is 0 Å². The Bertz CT molecular complexity index is 464. The Balaban J connectivity index is 2.45. The third-order valence-corrected chi connectivity index (χ3v) is 6.48. The summed E-state index contributed by atoms with van der Waals surface area (Å²) >= 11 is 0. The summed E-state index contributed by atoms with van der Waals surface area (Å²) < 4.78 is 0. The number of carbonyl (C=O) groups is 2. The first-order valence-electron chi connectivity index (χ1n) is 12.0. The van der Waals surface area contributed by atoms with Crippen molar-refractivity contribution >= 4 is 11.9 Å². The summed E-state index contributed by atoms with van der Waals surface area (Å²) in [4.78, 5) is 46.3. The minimum atomic E-state index is -0.543. The summed E-state index contributed by atoms with van der Waals surface area (Å²) in [5.41, 5.74) is -1.09. The topological polar surface area (TPSA) is 71.1 Å². The second-order valence-electron chi connectivity index (χ2n) is 9.37. The minimum Gasteiger partial charge on any atom is -0.297 e. The van der Waals surface area contributed by atoms with Gasteiger partial charge >= 0.3 is 11.9 Å². The van der Waals surface area contributed by atoms with Crippen molar-refractivity contribution in [1.82, 2.24) is 0 Å². The molecule has 0 aromatic carbocycles. The predicted octanol–water partition coefficient (Wildman–Crippen LogP) is 6.46. The summed E-state index contributed by atoms with van der Waals surface area (Å²) in [6.45, 7) is 12.1. The summed E-state index contributed by atoms with van der Waals surface area (Å²) in [5, 5.41) is 0. The molecule has 1 saturated carbocycles. The molecule has 176 valence electrons. The highest BCUT2D eigenvalue weighted by Gasteiger charge is 2.42. The molecule has 6 heteroatoms. The van der Waals surface area contributed by atoms with Crippen LogP contribution in [-0.4, -0.2) is 23.1 Å². The number of hydrogen-bond donors (Lipinski definition) is 0. The van der Waals surface area contributed by atoms with Crippen molar-refractivity contribution in [3.63, 3.8) is 0 Å². The quantitative estimate of drug-likeness (QED) is 0.233. The van der Waals surface area contributed by atoms with Gasteiger partial charge in [0.25, 0.3) is 0 Å². The molecule has 0 heterocycles. The lowest BCUT2D eigenvalue weighted by atomic mass is 9.78. The average molecular weight is 429 g/mol. The van der Waals surface area contributed by atoms with Crippen LogP contribution in [0.4, 0.5) is 0 Å². The van der Waals surface area contributed by atoms with Crippen LogP contribution in [0.3, 0.4) is 0 Å². The largest absolute Gasteiger partial charge is 0.345 e. The van der Waals surface area contributed by atoms with Gasteiger partial charge in [-0.2, -0.15) is 9.78 Å². The molecule has 1 aliphatic rings. The molecule has 0 bridgehead atoms. The molecule has 0 radical (unpaired) electrons. The van der Waals surface area contributed by atoms with E-state index in [0.29, 0.717) is 25.7 Å². The van der Waals surface area contributed by atoms with E-state index in [1.165, 1.54) is 0 Å². The predicted molar refractivity (Wildman–Crippen MR) is 116 cm³/mol. The molecule has 30 heavy (non-hydrogen) atoms. The SMILES string of the molecule is CCCCC(CC)C(=O)OOC1(C)CCC(C)(OOC(=O)C(CC)CCCC)CC1. The molecule has 0 N–H and O–H groups in total. The first-order chi connectivity index (χ1) is 14.2. The van der Waals surface area contributed by atoms with Gasteiger partial charge in [0.1, 0.15) is 11.2 Å². The van der Waals surface area contributed by atoms with Gasteiger partial charge in [-0.15, -0.1) is 0 Å². The van der Waals surface area contributed by atoms with Gasteiger partial charge in [0.05, 0.1) is 11.8 Å². The van der Waals surface area contributed by atoms with Crippen molar-refractivity contribution in [2.24, 2.45) is 11.8 Å². The monoisotopic (exact) mass is 428 g/mol. The van der Waals surface area contributed by atoms with Crippen LogP contribution in [-0.2, 0) is 29.1 Å². The smallest absolute Gasteiger partial charge is 0.297 e. The zero-order valence-corrected chi connectivity index (χ0v) is 20.1. The summed E-state index contributed by atoms with van der Waals surface area (Å²) in [7, 11) is 0. The van der Waals surface area contributed by atoms with E-state index >= 15 is 0 Å². The van der Waals surface area contributed by atoms with Gasteiger partial charge in [-0.3, -0.25) is 9.78 Å². The standard InChI is InChI=1S/C24H44O6/c1-7-11-13-19(9-3)21(25)27-29-23(5)15-17-24(6,18-16-23)30-28-22(26)20(10-4)14-12-8-2/h19-20H,7-18H2,1-6H3. The maximum atomic E-state index is 12.3. The maximum absolute atomic E-state index is 12.3. The summed E-state index contributed by atoms with van der Waals surface area (Å²) in [6, 6.07) is 0. The molecule has 0 aromatic rings. The van der Waals surface area contributed by atoms with Gasteiger partial charge in [-0.05, 0) is 65.2 Å². The molecule has 0 aliphatic heterocycles. The molecular weight excluding hydrogens is 384 g/mol. The Hall–Kier alpha value is -1.14. The van der Waals surface area contributed by atoms with Crippen LogP contribution in [0, 0.1) is 11.8 Å². The van der Waals surface area contributed by atoms with Gasteiger partial charge in [0.15, 0.2) is 0 Å². The lowest BCUT2D eigenvalue weighted by Crippen LogP contribution is -2.43. The minimum absolute atomic E-state index is 0.107. The van der Waals surface area contributed by atoms with E-state index in [0.717, 1.165) is 51.4 Å². The van der Waals surface area contributed by atoms with Gasteiger partial charge in [0.2, 0.25) is 0 Å². The zero-order chi connectivity index (χ0) is 22.6. The van der Waals surface area contributed by atoms with Crippen molar-refractivity contribution in [3.8, 4) is 0 Å². The lowest BCUT2D eigenvalue weighted by molar-refractivity contribution is -0.366. The van der Waals surface area contributed by atoms with Crippen LogP contribution in [0.25, 0.3) is 0 Å². The first kappa shape index (κ1) is 26.9. The molecule has 0 amide bonds. The Morgan fingerprint density at radius 1 is 0.700 bits per heavy atom. The normalized spacial score (nSPS) is 26.1. The van der Waals surface area contributed by atoms with Crippen LogP contribution in [0.5, 0.6) is 0 Å². The van der Waals surface area contributed by atoms with Gasteiger partial charge < -0.3 is 0 Å². The molecule has 0 aromatic heterocycles. The molecule has 6 nitrogen and oxygen atoms in total. The zero-order valence-electron chi connectivity index (χ0n) is 20.1. The van der Waals surface area contributed by atoms with Crippen LogP contribution in [0.2, 0.25) is 0 Å². The Morgan fingerprint density at radius 2 is 1.03 bits per heavy atom. The molecule has 2 atom stereocenters. The molecule has 0 saturated heterocycles. The van der Waals surface area contributed by atoms with Crippen LogP contribution >= 0.6 is 0 Å². The van der Waals surface area contributed by atoms with Crippen molar-refractivity contribution in [1.29, 1.82) is 0 Å². The first-order valence-corrected chi connectivity index (χ1v) is 12.0. The highest BCUT2D eigenvalue weighted by atomic mass is 17.2. The van der Waals surface area contributed by atoms with Crippen molar-refractivity contribution in [2.45, 2.75) is 130 Å². The number of carbonyl (C=O) groups excluding carboxylic acids is 2. The second kappa shape index (κ2) is 13.3. The van der Waals surface area contributed by atoms with E-state index in [1.807, 2.05) is 27.7 Å². The summed E-state index contributed by atoms with van der Waals surface area (Å²) in [6.07, 6.45) is 9.96. The fourth-order valence-electron chi connectivity index (χ4n) is 3.77. The van der Waals surface area contributed by atoms with Gasteiger partial charge in [-0.1, -0.05) is 53.4 Å². The Kier molecular flexibility index (Phi) is 11.9. The van der Waals surface area contributed by atoms with Crippen LogP contribution in [0.15, 0.2) is 0 Å². The molecule has 1 aliphatic carbocycles. The Morgan fingerprint density at radius 3 is 1.30 bits per heavy atom. The fourth-order valence-corrected chi connectivity index (χ4v) is 3.77. The summed E-state index contributed by atoms with van der Waals surface area (Å²) in [5.74, 6) is -0.763. The lowest BCUT2D eigenvalue weighted by Gasteiger charge is -2.40. The molecule has 1 fully saturated rings. The second-order valence-corrected chi connectivity index (χ2v) is 9.37. The molecule has 1 rings (SSSR count). The fraction of sp³-hybridized carbons (Fsp3) is 0.917. The molecule has 2 unspecified atom stereocenters.